The molecule has 11 nitrogen and oxygen atoms in total. The minimum atomic E-state index is -1.58. The number of hydrogen-bond donors (Lipinski definition) is 6. The average molecular weight is 1020 g/mol. The summed E-state index contributed by atoms with van der Waals surface area (Å²) in [5, 5.41) is 54.3. The molecule has 7 atom stereocenters. The van der Waals surface area contributed by atoms with Gasteiger partial charge < -0.3 is 45.1 Å². The minimum absolute atomic E-state index is 0.00598. The van der Waals surface area contributed by atoms with Crippen molar-refractivity contribution in [3.8, 4) is 0 Å². The Morgan fingerprint density at radius 2 is 0.903 bits per heavy atom. The van der Waals surface area contributed by atoms with E-state index in [2.05, 4.69) is 43.5 Å². The van der Waals surface area contributed by atoms with Gasteiger partial charge in [-0.25, -0.2) is 0 Å². The molecule has 1 saturated heterocycles. The third kappa shape index (κ3) is 40.2. The summed E-state index contributed by atoms with van der Waals surface area (Å²) in [6.45, 7) is 4.30. The van der Waals surface area contributed by atoms with E-state index in [1.54, 1.807) is 6.08 Å². The molecule has 0 aromatic rings. The van der Waals surface area contributed by atoms with Crippen LogP contribution < -0.4 is 5.32 Å². The topological polar surface area (TPSA) is 175 Å². The number of hydrogen-bond acceptors (Lipinski definition) is 10. The molecule has 11 heteroatoms. The Labute approximate surface area is 441 Å². The van der Waals surface area contributed by atoms with Crippen LogP contribution in [0, 0.1) is 0 Å². The smallest absolute Gasteiger partial charge is 0.305 e. The fourth-order valence-corrected chi connectivity index (χ4v) is 9.39. The second-order valence-corrected chi connectivity index (χ2v) is 21.0. The van der Waals surface area contributed by atoms with Crippen molar-refractivity contribution in [3.63, 3.8) is 0 Å². The molecule has 0 radical (unpaired) electrons. The van der Waals surface area contributed by atoms with Gasteiger partial charge in [0.05, 0.1) is 32.0 Å². The molecule has 1 rings (SSSR count). The van der Waals surface area contributed by atoms with Gasteiger partial charge in [-0.2, -0.15) is 0 Å². The van der Waals surface area contributed by atoms with Gasteiger partial charge in [0.1, 0.15) is 24.4 Å². The van der Waals surface area contributed by atoms with Crippen LogP contribution in [0.4, 0.5) is 0 Å². The van der Waals surface area contributed by atoms with Crippen LogP contribution in [-0.4, -0.2) is 100 Å². The van der Waals surface area contributed by atoms with Gasteiger partial charge in [0, 0.05) is 12.8 Å². The summed E-state index contributed by atoms with van der Waals surface area (Å²) >= 11 is 0. The first-order valence-electron chi connectivity index (χ1n) is 30.3. The second kappa shape index (κ2) is 51.0. The van der Waals surface area contributed by atoms with E-state index in [0.29, 0.717) is 19.4 Å². The van der Waals surface area contributed by atoms with Crippen molar-refractivity contribution in [1.29, 1.82) is 0 Å². The van der Waals surface area contributed by atoms with Crippen molar-refractivity contribution < 1.29 is 49.3 Å². The molecule has 6 N–H and O–H groups in total. The second-order valence-electron chi connectivity index (χ2n) is 21.0. The number of allylic oxidation sites excluding steroid dienone is 5. The van der Waals surface area contributed by atoms with E-state index in [9.17, 15) is 35.1 Å². The highest BCUT2D eigenvalue weighted by Gasteiger charge is 2.44. The SMILES string of the molecule is CCCCCCCC/C=C/CC/C=C/C(O)C(COC1OC(CO)C(O)C(O)C1O)NC(=O)CCCCCCCCC/C=C\CCCCCCCCCCCCOC(=O)CCCCCCCCCCCCC. The standard InChI is InChI=1S/C61H113NO10/c1-3-5-7-9-11-13-15-28-31-35-39-43-47-54(64)53(52-71-61-60(69)59(68)58(67)55(51-63)72-61)62-56(65)48-44-40-36-32-29-25-23-21-19-17-16-18-20-22-24-26-30-34-38-42-46-50-70-57(66)49-45-41-37-33-27-14-12-10-8-6-4-2/h17,19,28,31,43,47,53-55,58-61,63-64,67-69H,3-16,18,20-27,29-30,32-42,44-46,48-52H2,1-2H3,(H,62,65)/b19-17-,31-28+,47-43+. The molecule has 1 aliphatic heterocycles. The Morgan fingerprint density at radius 1 is 0.500 bits per heavy atom. The average Bonchev–Trinajstić information content (AvgIpc) is 3.38. The van der Waals surface area contributed by atoms with E-state index in [1.807, 2.05) is 6.08 Å². The van der Waals surface area contributed by atoms with Gasteiger partial charge in [0.2, 0.25) is 5.91 Å². The third-order valence-electron chi connectivity index (χ3n) is 14.2. The quantitative estimate of drug-likeness (QED) is 0.0195. The van der Waals surface area contributed by atoms with E-state index >= 15 is 0 Å². The molecule has 0 saturated carbocycles. The lowest BCUT2D eigenvalue weighted by Crippen LogP contribution is -2.60. The lowest BCUT2D eigenvalue weighted by atomic mass is 9.99. The van der Waals surface area contributed by atoms with Gasteiger partial charge in [-0.15, -0.1) is 0 Å². The van der Waals surface area contributed by atoms with Crippen molar-refractivity contribution >= 4 is 11.9 Å². The maximum atomic E-state index is 13.0. The van der Waals surface area contributed by atoms with Crippen LogP contribution in [0.3, 0.4) is 0 Å². The predicted molar refractivity (Wildman–Crippen MR) is 297 cm³/mol. The van der Waals surface area contributed by atoms with Gasteiger partial charge in [0.15, 0.2) is 6.29 Å². The summed E-state index contributed by atoms with van der Waals surface area (Å²) < 4.78 is 16.7. The lowest BCUT2D eigenvalue weighted by molar-refractivity contribution is -0.302. The van der Waals surface area contributed by atoms with Crippen molar-refractivity contribution in [3.05, 3.63) is 36.5 Å². The number of amides is 1. The molecule has 1 fully saturated rings. The fraction of sp³-hybridized carbons (Fsp3) is 0.869. The van der Waals surface area contributed by atoms with Gasteiger partial charge in [0.25, 0.3) is 0 Å². The molecular weight excluding hydrogens is 907 g/mol. The van der Waals surface area contributed by atoms with Crippen LogP contribution in [0.5, 0.6) is 0 Å². The number of carbonyl (C=O) groups excluding carboxylic acids is 2. The Balaban J connectivity index is 2.08. The molecule has 0 bridgehead atoms. The van der Waals surface area contributed by atoms with Crippen LogP contribution in [0.25, 0.3) is 0 Å². The molecule has 1 heterocycles. The van der Waals surface area contributed by atoms with Crippen LogP contribution in [0.15, 0.2) is 36.5 Å². The number of carbonyl (C=O) groups is 2. The summed E-state index contributed by atoms with van der Waals surface area (Å²) in [6, 6.07) is -0.833. The number of nitrogens with one attached hydrogen (secondary N) is 1. The van der Waals surface area contributed by atoms with E-state index in [0.717, 1.165) is 77.0 Å². The van der Waals surface area contributed by atoms with Crippen LogP contribution in [0.1, 0.15) is 277 Å². The molecule has 0 spiro atoms. The molecule has 0 aromatic carbocycles. The van der Waals surface area contributed by atoms with Gasteiger partial charge in [-0.3, -0.25) is 9.59 Å². The number of ether oxygens (including phenoxy) is 3. The Kier molecular flexibility index (Phi) is 48.1. The summed E-state index contributed by atoms with van der Waals surface area (Å²) in [6.07, 6.45) is 52.4. The number of aliphatic hydroxyl groups excluding tert-OH is 5. The molecule has 7 unspecified atom stereocenters. The highest BCUT2D eigenvalue weighted by Crippen LogP contribution is 2.23. The zero-order valence-corrected chi connectivity index (χ0v) is 46.4. The summed E-state index contributed by atoms with van der Waals surface area (Å²) in [5.41, 5.74) is 0. The van der Waals surface area contributed by atoms with E-state index in [1.165, 1.54) is 173 Å². The van der Waals surface area contributed by atoms with Crippen molar-refractivity contribution in [1.82, 2.24) is 5.32 Å². The van der Waals surface area contributed by atoms with Gasteiger partial charge in [-0.1, -0.05) is 230 Å². The van der Waals surface area contributed by atoms with Crippen molar-refractivity contribution in [2.75, 3.05) is 19.8 Å². The number of aliphatic hydroxyl groups is 5. The number of unbranched alkanes of at least 4 members (excludes halogenated alkanes) is 34. The largest absolute Gasteiger partial charge is 0.466 e. The van der Waals surface area contributed by atoms with E-state index in [4.69, 9.17) is 14.2 Å². The summed E-state index contributed by atoms with van der Waals surface area (Å²) in [5.74, 6) is -0.206. The predicted octanol–water partition coefficient (Wildman–Crippen LogP) is 13.9. The molecule has 1 amide bonds. The first-order chi connectivity index (χ1) is 35.2. The van der Waals surface area contributed by atoms with Crippen LogP contribution >= 0.6 is 0 Å². The molecule has 0 aliphatic carbocycles. The van der Waals surface area contributed by atoms with Crippen molar-refractivity contribution in [2.24, 2.45) is 0 Å². The molecule has 422 valence electrons. The van der Waals surface area contributed by atoms with E-state index in [-0.39, 0.29) is 18.5 Å². The monoisotopic (exact) mass is 1020 g/mol. The fourth-order valence-electron chi connectivity index (χ4n) is 9.39. The minimum Gasteiger partial charge on any atom is -0.466 e. The molecular formula is C61H113NO10. The first-order valence-corrected chi connectivity index (χ1v) is 30.3. The maximum Gasteiger partial charge on any atom is 0.305 e. The number of rotatable bonds is 52. The normalized spacial score (nSPS) is 19.2. The third-order valence-corrected chi connectivity index (χ3v) is 14.2. The van der Waals surface area contributed by atoms with Crippen molar-refractivity contribution in [2.45, 2.75) is 320 Å². The van der Waals surface area contributed by atoms with Crippen LogP contribution in [-0.2, 0) is 23.8 Å². The number of esters is 1. The zero-order valence-electron chi connectivity index (χ0n) is 46.4. The Morgan fingerprint density at radius 3 is 1.38 bits per heavy atom. The van der Waals surface area contributed by atoms with Crippen LogP contribution in [0.2, 0.25) is 0 Å². The van der Waals surface area contributed by atoms with Gasteiger partial charge in [-0.05, 0) is 70.6 Å². The van der Waals surface area contributed by atoms with Gasteiger partial charge >= 0.3 is 5.97 Å². The summed E-state index contributed by atoms with van der Waals surface area (Å²) in [7, 11) is 0. The molecule has 72 heavy (non-hydrogen) atoms. The highest BCUT2D eigenvalue weighted by molar-refractivity contribution is 5.76. The summed E-state index contributed by atoms with van der Waals surface area (Å²) in [4.78, 5) is 25.0. The molecule has 0 aromatic heterocycles. The van der Waals surface area contributed by atoms with E-state index < -0.39 is 49.5 Å². The highest BCUT2D eigenvalue weighted by atomic mass is 16.7. The first kappa shape index (κ1) is 67.9. The Bertz CT molecular complexity index is 1290. The lowest BCUT2D eigenvalue weighted by Gasteiger charge is -2.40. The molecule has 1 aliphatic rings. The zero-order chi connectivity index (χ0) is 52.4. The maximum absolute atomic E-state index is 13.0. The Hall–Kier alpha value is -2.12.